The third-order valence-corrected chi connectivity index (χ3v) is 4.47. The molecule has 4 heteroatoms. The Morgan fingerprint density at radius 1 is 0.960 bits per heavy atom. The van der Waals surface area contributed by atoms with Crippen molar-refractivity contribution in [2.24, 2.45) is 0 Å². The minimum Gasteiger partial charge on any atom is -0.361 e. The van der Waals surface area contributed by atoms with Crippen LogP contribution in [0.1, 0.15) is 33.2 Å². The van der Waals surface area contributed by atoms with Gasteiger partial charge in [0.2, 0.25) is 0 Å². The van der Waals surface area contributed by atoms with Crippen molar-refractivity contribution in [3.05, 3.63) is 89.1 Å². The van der Waals surface area contributed by atoms with Gasteiger partial charge >= 0.3 is 0 Å². The molecule has 0 aliphatic carbocycles. The van der Waals surface area contributed by atoms with E-state index in [9.17, 15) is 4.79 Å². The Kier molecular flexibility index (Phi) is 3.73. The Morgan fingerprint density at radius 2 is 1.72 bits per heavy atom. The van der Waals surface area contributed by atoms with E-state index in [2.05, 4.69) is 29.4 Å². The molecule has 0 bridgehead atoms. The first-order chi connectivity index (χ1) is 12.1. The summed E-state index contributed by atoms with van der Waals surface area (Å²) in [6, 6.07) is 19.8. The lowest BCUT2D eigenvalue weighted by atomic mass is 10.1. The molecule has 1 aliphatic heterocycles. The van der Waals surface area contributed by atoms with Crippen LogP contribution in [0, 0.1) is 13.8 Å². The molecular formula is C21H19N3O. The largest absolute Gasteiger partial charge is 0.361 e. The summed E-state index contributed by atoms with van der Waals surface area (Å²) in [6.45, 7) is 4.06. The van der Waals surface area contributed by atoms with Gasteiger partial charge in [0.25, 0.3) is 5.91 Å². The zero-order valence-electron chi connectivity index (χ0n) is 14.2. The van der Waals surface area contributed by atoms with Crippen LogP contribution in [0.4, 0.5) is 11.5 Å². The van der Waals surface area contributed by atoms with Gasteiger partial charge in [0.1, 0.15) is 12.0 Å². The average molecular weight is 329 g/mol. The zero-order chi connectivity index (χ0) is 17.4. The second kappa shape index (κ2) is 6.06. The van der Waals surface area contributed by atoms with Gasteiger partial charge in [-0.15, -0.1) is 0 Å². The number of pyridine rings is 1. The van der Waals surface area contributed by atoms with Crippen molar-refractivity contribution in [2.75, 3.05) is 10.2 Å². The van der Waals surface area contributed by atoms with Gasteiger partial charge in [-0.1, -0.05) is 35.9 Å². The number of hydrogen-bond donors (Lipinski definition) is 1. The molecule has 0 radical (unpaired) electrons. The summed E-state index contributed by atoms with van der Waals surface area (Å²) in [5.41, 5.74) is 4.93. The average Bonchev–Trinajstić information content (AvgIpc) is 2.89. The summed E-state index contributed by atoms with van der Waals surface area (Å²) in [5.74, 6) is 0.629. The molecule has 0 saturated heterocycles. The number of rotatable bonds is 3. The topological polar surface area (TPSA) is 45.2 Å². The van der Waals surface area contributed by atoms with Crippen LogP contribution in [0.3, 0.4) is 0 Å². The summed E-state index contributed by atoms with van der Waals surface area (Å²) in [7, 11) is 0. The third-order valence-electron chi connectivity index (χ3n) is 4.47. The van der Waals surface area contributed by atoms with Crippen LogP contribution in [-0.2, 0) is 0 Å². The Hall–Kier alpha value is -3.14. The first-order valence-electron chi connectivity index (χ1n) is 8.32. The van der Waals surface area contributed by atoms with Gasteiger partial charge in [0, 0.05) is 23.0 Å². The van der Waals surface area contributed by atoms with Gasteiger partial charge in [-0.25, -0.2) is 4.98 Å². The van der Waals surface area contributed by atoms with Crippen LogP contribution in [0.5, 0.6) is 0 Å². The van der Waals surface area contributed by atoms with E-state index in [-0.39, 0.29) is 12.1 Å². The molecule has 1 aliphatic rings. The molecule has 0 unspecified atom stereocenters. The number of aromatic nitrogens is 1. The van der Waals surface area contributed by atoms with Gasteiger partial charge in [0.15, 0.2) is 0 Å². The Bertz CT molecular complexity index is 934. The number of carbonyl (C=O) groups is 1. The fourth-order valence-electron chi connectivity index (χ4n) is 3.15. The van der Waals surface area contributed by atoms with Crippen molar-refractivity contribution < 1.29 is 4.79 Å². The van der Waals surface area contributed by atoms with Gasteiger partial charge in [-0.3, -0.25) is 9.69 Å². The molecule has 4 nitrogen and oxygen atoms in total. The first-order valence-corrected chi connectivity index (χ1v) is 8.32. The van der Waals surface area contributed by atoms with Crippen LogP contribution in [0.25, 0.3) is 0 Å². The molecule has 1 aromatic heterocycles. The lowest BCUT2D eigenvalue weighted by Gasteiger charge is -2.26. The number of anilines is 2. The summed E-state index contributed by atoms with van der Waals surface area (Å²) in [4.78, 5) is 19.2. The number of carbonyl (C=O) groups excluding carboxylic acids is 1. The normalized spacial score (nSPS) is 16.0. The summed E-state index contributed by atoms with van der Waals surface area (Å²) in [6.07, 6.45) is 1.46. The van der Waals surface area contributed by atoms with Crippen LogP contribution >= 0.6 is 0 Å². The third kappa shape index (κ3) is 2.76. The number of nitrogens with zero attached hydrogens (tertiary/aromatic N) is 2. The van der Waals surface area contributed by atoms with E-state index in [4.69, 9.17) is 0 Å². The summed E-state index contributed by atoms with van der Waals surface area (Å²) < 4.78 is 0. The highest BCUT2D eigenvalue weighted by Crippen LogP contribution is 2.37. The fraction of sp³-hybridized carbons (Fsp3) is 0.143. The van der Waals surface area contributed by atoms with Crippen LogP contribution in [-0.4, -0.2) is 10.9 Å². The number of amides is 1. The number of aryl methyl sites for hydroxylation is 2. The molecule has 2 heterocycles. The Morgan fingerprint density at radius 3 is 2.48 bits per heavy atom. The van der Waals surface area contributed by atoms with Crippen molar-refractivity contribution in [3.63, 3.8) is 0 Å². The molecule has 25 heavy (non-hydrogen) atoms. The van der Waals surface area contributed by atoms with E-state index < -0.39 is 0 Å². The smallest absolute Gasteiger partial charge is 0.261 e. The molecule has 0 spiro atoms. The number of nitrogens with one attached hydrogen (secondary N) is 1. The van der Waals surface area contributed by atoms with E-state index in [1.807, 2.05) is 55.5 Å². The fourth-order valence-corrected chi connectivity index (χ4v) is 3.15. The molecule has 1 amide bonds. The predicted molar refractivity (Wildman–Crippen MR) is 99.8 cm³/mol. The maximum atomic E-state index is 13.0. The monoisotopic (exact) mass is 329 g/mol. The standard InChI is InChI=1S/C21H19N3O/c1-14-7-9-16(10-8-14)23-20-17-5-3-4-6-18(17)21(25)24(20)19-13-15(2)11-12-22-19/h3-13,20,23H,1-2H3/t20-/m0/s1. The minimum atomic E-state index is -0.277. The number of benzene rings is 2. The lowest BCUT2D eigenvalue weighted by Crippen LogP contribution is -2.33. The molecule has 124 valence electrons. The summed E-state index contributed by atoms with van der Waals surface area (Å²) >= 11 is 0. The molecule has 0 fully saturated rings. The maximum Gasteiger partial charge on any atom is 0.261 e. The minimum absolute atomic E-state index is 0.0293. The second-order valence-electron chi connectivity index (χ2n) is 6.37. The second-order valence-corrected chi connectivity index (χ2v) is 6.37. The van der Waals surface area contributed by atoms with Crippen LogP contribution < -0.4 is 10.2 Å². The number of hydrogen-bond acceptors (Lipinski definition) is 3. The molecular weight excluding hydrogens is 310 g/mol. The van der Waals surface area contributed by atoms with Crippen LogP contribution in [0.15, 0.2) is 66.9 Å². The quantitative estimate of drug-likeness (QED) is 0.771. The van der Waals surface area contributed by atoms with Crippen LogP contribution in [0.2, 0.25) is 0 Å². The molecule has 1 N–H and O–H groups in total. The SMILES string of the molecule is Cc1ccc(N[C@@H]2c3ccccc3C(=O)N2c2cc(C)ccn2)cc1. The predicted octanol–water partition coefficient (Wildman–Crippen LogP) is 4.47. The van der Waals surface area contributed by atoms with E-state index >= 15 is 0 Å². The maximum absolute atomic E-state index is 13.0. The highest BCUT2D eigenvalue weighted by molar-refractivity contribution is 6.11. The lowest BCUT2D eigenvalue weighted by molar-refractivity contribution is 0.0992. The van der Waals surface area contributed by atoms with Gasteiger partial charge in [-0.2, -0.15) is 0 Å². The molecule has 4 rings (SSSR count). The van der Waals surface area contributed by atoms with Crippen molar-refractivity contribution in [1.82, 2.24) is 4.98 Å². The van der Waals surface area contributed by atoms with E-state index in [0.29, 0.717) is 5.82 Å². The van der Waals surface area contributed by atoms with Gasteiger partial charge in [-0.05, 0) is 49.7 Å². The van der Waals surface area contributed by atoms with Crippen molar-refractivity contribution in [1.29, 1.82) is 0 Å². The molecule has 1 atom stereocenters. The van der Waals surface area contributed by atoms with Gasteiger partial charge in [0.05, 0.1) is 0 Å². The summed E-state index contributed by atoms with van der Waals surface area (Å²) in [5, 5.41) is 3.49. The van der Waals surface area contributed by atoms with E-state index in [1.165, 1.54) is 5.56 Å². The Labute approximate surface area is 147 Å². The first kappa shape index (κ1) is 15.4. The highest BCUT2D eigenvalue weighted by Gasteiger charge is 2.38. The molecule has 0 saturated carbocycles. The molecule has 2 aromatic carbocycles. The van der Waals surface area contributed by atoms with Crippen molar-refractivity contribution in [2.45, 2.75) is 20.0 Å². The Balaban J connectivity index is 1.78. The van der Waals surface area contributed by atoms with E-state index in [1.54, 1.807) is 11.1 Å². The van der Waals surface area contributed by atoms with Crippen molar-refractivity contribution >= 4 is 17.4 Å². The van der Waals surface area contributed by atoms with Gasteiger partial charge < -0.3 is 5.32 Å². The highest BCUT2D eigenvalue weighted by atomic mass is 16.2. The number of fused-ring (bicyclic) bond motifs is 1. The zero-order valence-corrected chi connectivity index (χ0v) is 14.2. The van der Waals surface area contributed by atoms with E-state index in [0.717, 1.165) is 22.4 Å². The molecule has 3 aromatic rings. The van der Waals surface area contributed by atoms with Crippen molar-refractivity contribution in [3.8, 4) is 0 Å².